The van der Waals surface area contributed by atoms with Gasteiger partial charge in [-0.2, -0.15) is 8.42 Å². The zero-order valence-corrected chi connectivity index (χ0v) is 9.00. The minimum atomic E-state index is -3.89. The Morgan fingerprint density at radius 3 is 2.40 bits per heavy atom. The van der Waals surface area contributed by atoms with Crippen LogP contribution in [0.5, 0.6) is 0 Å². The molecule has 0 spiro atoms. The molecule has 0 saturated heterocycles. The summed E-state index contributed by atoms with van der Waals surface area (Å²) < 4.78 is 33.5. The van der Waals surface area contributed by atoms with E-state index in [-0.39, 0.29) is 63.6 Å². The topological polar surface area (TPSA) is 80.7 Å². The molecule has 0 fully saturated rings. The van der Waals surface area contributed by atoms with Crippen LogP contribution in [0.2, 0.25) is 0 Å². The van der Waals surface area contributed by atoms with Gasteiger partial charge >= 0.3 is 57.4 Å². The van der Waals surface area contributed by atoms with E-state index in [0.717, 1.165) is 0 Å². The summed E-state index contributed by atoms with van der Waals surface area (Å²) in [6.07, 6.45) is 2.28. The Labute approximate surface area is 132 Å². The van der Waals surface area contributed by atoms with Crippen molar-refractivity contribution in [3.63, 3.8) is 0 Å². The van der Waals surface area contributed by atoms with Crippen LogP contribution in [0.4, 0.5) is 0 Å². The van der Waals surface area contributed by atoms with Crippen LogP contribution in [0.1, 0.15) is 19.8 Å². The zero-order valence-electron chi connectivity index (χ0n) is 8.19. The number of carbonyl (C=O) groups excluding carboxylic acids is 1. The molecule has 0 aromatic rings. The molecule has 0 saturated carbocycles. The van der Waals surface area contributed by atoms with Crippen molar-refractivity contribution in [2.24, 2.45) is 0 Å². The first-order valence-electron chi connectivity index (χ1n) is 4.07. The monoisotopic (exact) mass is 262 g/mol. The van der Waals surface area contributed by atoms with Crippen molar-refractivity contribution in [2.75, 3.05) is 12.9 Å². The van der Waals surface area contributed by atoms with Gasteiger partial charge in [-0.05, 0) is 19.8 Å². The number of allylic oxidation sites excluding steroid dienone is 1. The first-order valence-corrected chi connectivity index (χ1v) is 5.68. The second kappa shape index (κ2) is 8.86. The predicted octanol–water partition coefficient (Wildman–Crippen LogP) is 0.125. The Kier molecular flexibility index (Phi) is 10.7. The molecule has 0 atom stereocenters. The molecule has 0 amide bonds. The molecule has 5 nitrogen and oxygen atoms in total. The molecule has 0 aromatic carbocycles. The summed E-state index contributed by atoms with van der Waals surface area (Å²) in [5, 5.41) is 0. The van der Waals surface area contributed by atoms with Crippen molar-refractivity contribution in [3.8, 4) is 0 Å². The summed E-state index contributed by atoms with van der Waals surface area (Å²) in [6, 6.07) is 0. The van der Waals surface area contributed by atoms with Gasteiger partial charge in [0.2, 0.25) is 0 Å². The van der Waals surface area contributed by atoms with Crippen molar-refractivity contribution in [1.29, 1.82) is 0 Å². The van der Waals surface area contributed by atoms with Gasteiger partial charge in [0.25, 0.3) is 10.1 Å². The van der Waals surface area contributed by atoms with E-state index in [0.29, 0.717) is 12.0 Å². The molecule has 0 aliphatic carbocycles. The van der Waals surface area contributed by atoms with Crippen LogP contribution in [0.3, 0.4) is 0 Å². The predicted molar refractivity (Wildman–Crippen MR) is 58.6 cm³/mol. The summed E-state index contributed by atoms with van der Waals surface area (Å²) in [7, 11) is -2.62. The number of rotatable bonds is 5. The van der Waals surface area contributed by atoms with Crippen LogP contribution in [0, 0.1) is 0 Å². The molecule has 0 aromatic heterocycles. The number of carbonyl (C=O) groups is 1. The van der Waals surface area contributed by atoms with Gasteiger partial charge < -0.3 is 4.74 Å². The Bertz CT molecular complexity index is 320. The molecule has 0 heterocycles. The molecule has 0 bridgehead atoms. The number of esters is 1. The molecule has 84 valence electrons. The average molecular weight is 262 g/mol. The van der Waals surface area contributed by atoms with Gasteiger partial charge in [0.1, 0.15) is 0 Å². The number of hydrogen-bond acceptors (Lipinski definition) is 4. The summed E-state index contributed by atoms with van der Waals surface area (Å²) >= 11 is 0. The Balaban J connectivity index is 0. The molecule has 0 unspecified atom stereocenters. The Morgan fingerprint density at radius 2 is 2.00 bits per heavy atom. The van der Waals surface area contributed by atoms with Crippen molar-refractivity contribution in [1.82, 2.24) is 0 Å². The molecule has 0 radical (unpaired) electrons. The van der Waals surface area contributed by atoms with E-state index in [2.05, 4.69) is 4.74 Å². The summed E-state index contributed by atoms with van der Waals surface area (Å²) in [4.78, 5) is 10.8. The quantitative estimate of drug-likeness (QED) is 0.250. The van der Waals surface area contributed by atoms with Gasteiger partial charge in [-0.1, -0.05) is 6.08 Å². The first kappa shape index (κ1) is 18.1. The van der Waals surface area contributed by atoms with Gasteiger partial charge in [0, 0.05) is 5.57 Å². The number of methoxy groups -OCH3 is 1. The van der Waals surface area contributed by atoms with Crippen LogP contribution in [-0.4, -0.2) is 83.2 Å². The second-order valence-corrected chi connectivity index (χ2v) is 4.38. The molecule has 7 heteroatoms. The van der Waals surface area contributed by atoms with Crippen LogP contribution >= 0.6 is 0 Å². The van der Waals surface area contributed by atoms with Crippen molar-refractivity contribution in [3.05, 3.63) is 11.6 Å². The zero-order chi connectivity index (χ0) is 11.2. The molecular formula is C8H15KO5S. The SMILES string of the molecule is COC(=O)C(C)=CCCCS(=O)(=O)O.[KH]. The van der Waals surface area contributed by atoms with E-state index in [4.69, 9.17) is 4.55 Å². The number of unbranched alkanes of at least 4 members (excludes halogenated alkanes) is 1. The van der Waals surface area contributed by atoms with Crippen molar-refractivity contribution >= 4 is 67.5 Å². The van der Waals surface area contributed by atoms with Gasteiger partial charge in [-0.15, -0.1) is 0 Å². The van der Waals surface area contributed by atoms with E-state index >= 15 is 0 Å². The molecule has 1 N–H and O–H groups in total. The third-order valence-electron chi connectivity index (χ3n) is 1.56. The Hall–Kier alpha value is 0.756. The van der Waals surface area contributed by atoms with Crippen molar-refractivity contribution < 1.29 is 22.5 Å². The van der Waals surface area contributed by atoms with Gasteiger partial charge in [-0.25, -0.2) is 4.79 Å². The fraction of sp³-hybridized carbons (Fsp3) is 0.625. The second-order valence-electron chi connectivity index (χ2n) is 2.81. The average Bonchev–Trinajstić information content (AvgIpc) is 2.09. The minimum absolute atomic E-state index is 0. The molecule has 0 aliphatic heterocycles. The Morgan fingerprint density at radius 1 is 1.47 bits per heavy atom. The van der Waals surface area contributed by atoms with Crippen LogP contribution in [0.25, 0.3) is 0 Å². The van der Waals surface area contributed by atoms with Gasteiger partial charge in [0.15, 0.2) is 0 Å². The van der Waals surface area contributed by atoms with E-state index in [1.807, 2.05) is 0 Å². The van der Waals surface area contributed by atoms with Crippen molar-refractivity contribution in [2.45, 2.75) is 19.8 Å². The van der Waals surface area contributed by atoms with Crippen LogP contribution < -0.4 is 0 Å². The fourth-order valence-electron chi connectivity index (χ4n) is 0.829. The third kappa shape index (κ3) is 11.0. The van der Waals surface area contributed by atoms with E-state index in [1.54, 1.807) is 13.0 Å². The molecule has 0 aliphatic rings. The molecule has 15 heavy (non-hydrogen) atoms. The first-order chi connectivity index (χ1) is 6.37. The normalized spacial score (nSPS) is 11.8. The summed E-state index contributed by atoms with van der Waals surface area (Å²) in [6.45, 7) is 1.58. The van der Waals surface area contributed by atoms with E-state index < -0.39 is 16.1 Å². The van der Waals surface area contributed by atoms with Gasteiger partial charge in [0.05, 0.1) is 12.9 Å². The van der Waals surface area contributed by atoms with Crippen LogP contribution in [0.15, 0.2) is 11.6 Å². The number of ether oxygens (including phenoxy) is 1. The van der Waals surface area contributed by atoms with E-state index in [1.165, 1.54) is 7.11 Å². The third-order valence-corrected chi connectivity index (χ3v) is 2.37. The maximum atomic E-state index is 10.8. The fourth-order valence-corrected chi connectivity index (χ4v) is 1.36. The molecular weight excluding hydrogens is 247 g/mol. The summed E-state index contributed by atoms with van der Waals surface area (Å²) in [5.74, 6) is -0.727. The number of hydrogen-bond donors (Lipinski definition) is 1. The molecule has 0 rings (SSSR count). The van der Waals surface area contributed by atoms with E-state index in [9.17, 15) is 13.2 Å². The van der Waals surface area contributed by atoms with Gasteiger partial charge in [-0.3, -0.25) is 4.55 Å². The standard InChI is InChI=1S/C8H14O5S.K.H/c1-7(8(9)13-2)5-3-4-6-14(10,11)12;;/h5H,3-4,6H2,1-2H3,(H,10,11,12);;. The van der Waals surface area contributed by atoms with Crippen LogP contribution in [-0.2, 0) is 19.6 Å². The summed E-state index contributed by atoms with van der Waals surface area (Å²) in [5.41, 5.74) is 0.433. The maximum absolute atomic E-state index is 10.8.